The van der Waals surface area contributed by atoms with E-state index in [0.29, 0.717) is 24.4 Å². The first kappa shape index (κ1) is 24.9. The molecule has 0 aliphatic rings. The number of rotatable bonds is 8. The molecule has 3 aromatic rings. The summed E-state index contributed by atoms with van der Waals surface area (Å²) in [6.45, 7) is 1.93. The number of benzene rings is 3. The SMILES string of the molecule is CCC(=O)O.COc1c(-c2ccccc2)ccc(-c2cccc(NC(=N)N)c2)c1CNC=O. The van der Waals surface area contributed by atoms with Gasteiger partial charge in [-0.15, -0.1) is 0 Å². The van der Waals surface area contributed by atoms with Crippen LogP contribution in [0.4, 0.5) is 5.69 Å². The summed E-state index contributed by atoms with van der Waals surface area (Å²) in [4.78, 5) is 20.3. The van der Waals surface area contributed by atoms with E-state index in [1.807, 2.05) is 66.7 Å². The zero-order valence-corrected chi connectivity index (χ0v) is 18.6. The lowest BCUT2D eigenvalue weighted by Crippen LogP contribution is -2.20. The van der Waals surface area contributed by atoms with E-state index in [1.165, 1.54) is 0 Å². The minimum absolute atomic E-state index is 0.128. The highest BCUT2D eigenvalue weighted by molar-refractivity contribution is 5.91. The molecular weight excluding hydrogens is 420 g/mol. The van der Waals surface area contributed by atoms with Gasteiger partial charge in [-0.25, -0.2) is 0 Å². The van der Waals surface area contributed by atoms with Crippen LogP contribution in [0.5, 0.6) is 5.75 Å². The average molecular weight is 449 g/mol. The lowest BCUT2D eigenvalue weighted by atomic mass is 9.93. The van der Waals surface area contributed by atoms with E-state index in [9.17, 15) is 9.59 Å². The predicted octanol–water partition coefficient (Wildman–Crippen LogP) is 4.06. The molecule has 3 rings (SSSR count). The molecule has 0 bridgehead atoms. The molecule has 0 spiro atoms. The van der Waals surface area contributed by atoms with Crippen molar-refractivity contribution < 1.29 is 19.4 Å². The minimum Gasteiger partial charge on any atom is -0.496 e. The molecule has 0 saturated heterocycles. The highest BCUT2D eigenvalue weighted by atomic mass is 16.5. The molecule has 0 aromatic heterocycles. The fraction of sp³-hybridized carbons (Fsp3) is 0.160. The second-order valence-corrected chi connectivity index (χ2v) is 6.90. The van der Waals surface area contributed by atoms with E-state index < -0.39 is 5.97 Å². The molecule has 0 atom stereocenters. The Morgan fingerprint density at radius 1 is 1.06 bits per heavy atom. The summed E-state index contributed by atoms with van der Waals surface area (Å²) in [5.74, 6) is -0.162. The number of carboxylic acids is 1. The van der Waals surface area contributed by atoms with Crippen LogP contribution < -0.4 is 21.1 Å². The van der Waals surface area contributed by atoms with Crippen LogP contribution in [0.3, 0.4) is 0 Å². The van der Waals surface area contributed by atoms with Crippen molar-refractivity contribution in [2.24, 2.45) is 5.73 Å². The van der Waals surface area contributed by atoms with Gasteiger partial charge in [0.05, 0.1) is 7.11 Å². The van der Waals surface area contributed by atoms with Gasteiger partial charge in [-0.1, -0.05) is 61.5 Å². The first-order valence-electron chi connectivity index (χ1n) is 10.3. The highest BCUT2D eigenvalue weighted by Crippen LogP contribution is 2.39. The Morgan fingerprint density at radius 2 is 1.70 bits per heavy atom. The first-order valence-corrected chi connectivity index (χ1v) is 10.3. The number of amides is 1. The van der Waals surface area contributed by atoms with Gasteiger partial charge in [0.25, 0.3) is 0 Å². The number of nitrogens with two attached hydrogens (primary N) is 1. The van der Waals surface area contributed by atoms with E-state index in [4.69, 9.17) is 21.0 Å². The molecule has 0 saturated carbocycles. The van der Waals surface area contributed by atoms with Gasteiger partial charge < -0.3 is 26.2 Å². The number of carboxylic acid groups (broad SMARTS) is 1. The van der Waals surface area contributed by atoms with E-state index in [2.05, 4.69) is 10.6 Å². The van der Waals surface area contributed by atoms with Crippen molar-refractivity contribution in [2.75, 3.05) is 12.4 Å². The van der Waals surface area contributed by atoms with Crippen molar-refractivity contribution in [1.82, 2.24) is 5.32 Å². The molecule has 3 aromatic carbocycles. The monoisotopic (exact) mass is 448 g/mol. The third kappa shape index (κ3) is 7.10. The van der Waals surface area contributed by atoms with Crippen LogP contribution in [0.1, 0.15) is 18.9 Å². The third-order valence-corrected chi connectivity index (χ3v) is 4.67. The maximum Gasteiger partial charge on any atom is 0.303 e. The van der Waals surface area contributed by atoms with E-state index >= 15 is 0 Å². The molecule has 0 aliphatic heterocycles. The summed E-state index contributed by atoms with van der Waals surface area (Å²) < 4.78 is 5.76. The predicted molar refractivity (Wildman–Crippen MR) is 130 cm³/mol. The van der Waals surface area contributed by atoms with Crippen molar-refractivity contribution in [2.45, 2.75) is 19.9 Å². The number of aliphatic carboxylic acids is 1. The number of hydrogen-bond donors (Lipinski definition) is 5. The van der Waals surface area contributed by atoms with Crippen molar-refractivity contribution in [3.8, 4) is 28.0 Å². The van der Waals surface area contributed by atoms with Gasteiger partial charge in [-0.2, -0.15) is 0 Å². The van der Waals surface area contributed by atoms with Crippen LogP contribution in [0.15, 0.2) is 66.7 Å². The van der Waals surface area contributed by atoms with Crippen molar-refractivity contribution in [3.05, 3.63) is 72.3 Å². The Balaban J connectivity index is 0.000000696. The van der Waals surface area contributed by atoms with Crippen molar-refractivity contribution in [3.63, 3.8) is 0 Å². The van der Waals surface area contributed by atoms with E-state index in [-0.39, 0.29) is 12.4 Å². The highest BCUT2D eigenvalue weighted by Gasteiger charge is 2.16. The van der Waals surface area contributed by atoms with Crippen LogP contribution in [-0.4, -0.2) is 30.6 Å². The summed E-state index contributed by atoms with van der Waals surface area (Å²) in [5.41, 5.74) is 10.9. The maximum atomic E-state index is 11.0. The van der Waals surface area contributed by atoms with Gasteiger partial charge in [0.15, 0.2) is 5.96 Å². The minimum atomic E-state index is -0.745. The van der Waals surface area contributed by atoms with Crippen LogP contribution >= 0.6 is 0 Å². The molecule has 0 aliphatic carbocycles. The number of hydrogen-bond acceptors (Lipinski definition) is 4. The molecule has 0 heterocycles. The Hall–Kier alpha value is -4.33. The molecule has 0 radical (unpaired) electrons. The fourth-order valence-electron chi connectivity index (χ4n) is 3.22. The maximum absolute atomic E-state index is 11.0. The van der Waals surface area contributed by atoms with Gasteiger partial charge in [0.1, 0.15) is 5.75 Å². The third-order valence-electron chi connectivity index (χ3n) is 4.67. The summed E-state index contributed by atoms with van der Waals surface area (Å²) >= 11 is 0. The smallest absolute Gasteiger partial charge is 0.303 e. The number of ether oxygens (including phenoxy) is 1. The largest absolute Gasteiger partial charge is 0.496 e. The van der Waals surface area contributed by atoms with Crippen LogP contribution in [0, 0.1) is 5.41 Å². The average Bonchev–Trinajstić information content (AvgIpc) is 2.82. The molecule has 8 heteroatoms. The first-order chi connectivity index (χ1) is 15.9. The van der Waals surface area contributed by atoms with Gasteiger partial charge >= 0.3 is 5.97 Å². The fourth-order valence-corrected chi connectivity index (χ4v) is 3.22. The molecule has 0 fully saturated rings. The Morgan fingerprint density at radius 3 is 2.27 bits per heavy atom. The molecule has 6 N–H and O–H groups in total. The number of anilines is 1. The molecule has 33 heavy (non-hydrogen) atoms. The van der Waals surface area contributed by atoms with Crippen LogP contribution in [-0.2, 0) is 16.1 Å². The molecule has 8 nitrogen and oxygen atoms in total. The second-order valence-electron chi connectivity index (χ2n) is 6.90. The topological polar surface area (TPSA) is 138 Å². The lowest BCUT2D eigenvalue weighted by Gasteiger charge is -2.18. The van der Waals surface area contributed by atoms with Crippen molar-refractivity contribution >= 4 is 24.0 Å². The van der Waals surface area contributed by atoms with Gasteiger partial charge in [-0.3, -0.25) is 15.0 Å². The zero-order valence-electron chi connectivity index (χ0n) is 18.6. The summed E-state index contributed by atoms with van der Waals surface area (Å²) in [7, 11) is 1.63. The zero-order chi connectivity index (χ0) is 24.2. The number of guanidine groups is 1. The van der Waals surface area contributed by atoms with E-state index in [0.717, 1.165) is 27.8 Å². The van der Waals surface area contributed by atoms with Crippen LogP contribution in [0.2, 0.25) is 0 Å². The lowest BCUT2D eigenvalue weighted by molar-refractivity contribution is -0.136. The second kappa shape index (κ2) is 12.5. The number of nitrogens with one attached hydrogen (secondary N) is 3. The quantitative estimate of drug-likeness (QED) is 0.200. The normalized spacial score (nSPS) is 9.76. The number of methoxy groups -OCH3 is 1. The van der Waals surface area contributed by atoms with Crippen LogP contribution in [0.25, 0.3) is 22.3 Å². The van der Waals surface area contributed by atoms with E-state index in [1.54, 1.807) is 14.0 Å². The molecular formula is C25H28N4O4. The Bertz CT molecular complexity index is 1100. The Labute approximate surface area is 192 Å². The Kier molecular flexibility index (Phi) is 9.45. The van der Waals surface area contributed by atoms with Gasteiger partial charge in [0.2, 0.25) is 6.41 Å². The molecule has 0 unspecified atom stereocenters. The van der Waals surface area contributed by atoms with Crippen molar-refractivity contribution in [1.29, 1.82) is 5.41 Å². The summed E-state index contributed by atoms with van der Waals surface area (Å²) in [6, 6.07) is 21.6. The standard InChI is InChI=1S/C22H22N4O2.C3H6O2/c1-28-21-19(15-6-3-2-4-7-15)11-10-18(20(21)13-25-14-27)16-8-5-9-17(12-16)26-22(23)24;1-2-3(4)5/h2-12,14H,13H2,1H3,(H,25,27)(H4,23,24,26);2H2,1H3,(H,4,5). The molecule has 172 valence electrons. The number of carbonyl (C=O) groups excluding carboxylic acids is 1. The van der Waals surface area contributed by atoms with Gasteiger partial charge in [0, 0.05) is 29.8 Å². The summed E-state index contributed by atoms with van der Waals surface area (Å²) in [6.07, 6.45) is 0.895. The number of carbonyl (C=O) groups is 2. The molecule has 1 amide bonds. The van der Waals surface area contributed by atoms with Gasteiger partial charge in [-0.05, 0) is 28.8 Å². The summed E-state index contributed by atoms with van der Waals surface area (Å²) in [5, 5.41) is 20.7.